The minimum atomic E-state index is -3.76. The smallest absolute Gasteiger partial charge is 0.243 e. The van der Waals surface area contributed by atoms with Gasteiger partial charge in [-0.2, -0.15) is 4.31 Å². The molecule has 0 fully saturated rings. The molecule has 0 saturated heterocycles. The Kier molecular flexibility index (Phi) is 7.41. The molecule has 0 aliphatic rings. The molecule has 0 aliphatic carbocycles. The van der Waals surface area contributed by atoms with E-state index in [1.807, 2.05) is 30.3 Å². The summed E-state index contributed by atoms with van der Waals surface area (Å²) in [5, 5.41) is 3.41. The summed E-state index contributed by atoms with van der Waals surface area (Å²) in [6.07, 6.45) is 0.767. The summed E-state index contributed by atoms with van der Waals surface area (Å²) in [5.74, 6) is 0.0376. The molecule has 2 aromatic rings. The summed E-state index contributed by atoms with van der Waals surface area (Å²) in [6.45, 7) is 3.91. The third-order valence-electron chi connectivity index (χ3n) is 4.13. The lowest BCUT2D eigenvalue weighted by atomic mass is 9.97. The highest BCUT2D eigenvalue weighted by atomic mass is 35.5. The number of carbonyl (C=O) groups is 1. The molecular weight excluding hydrogens is 384 g/mol. The first-order valence-corrected chi connectivity index (χ1v) is 10.6. The van der Waals surface area contributed by atoms with E-state index >= 15 is 0 Å². The van der Waals surface area contributed by atoms with Crippen molar-refractivity contribution in [3.63, 3.8) is 0 Å². The number of hydrogen-bond acceptors (Lipinski definition) is 3. The first-order chi connectivity index (χ1) is 12.7. The number of hydrogen-bond donors (Lipinski definition) is 1. The van der Waals surface area contributed by atoms with Crippen molar-refractivity contribution in [1.29, 1.82) is 0 Å². The molecule has 0 heterocycles. The Morgan fingerprint density at radius 3 is 2.22 bits per heavy atom. The average Bonchev–Trinajstić information content (AvgIpc) is 2.61. The van der Waals surface area contributed by atoms with Crippen molar-refractivity contribution in [3.05, 3.63) is 65.2 Å². The van der Waals surface area contributed by atoms with E-state index in [2.05, 4.69) is 19.2 Å². The second-order valence-electron chi connectivity index (χ2n) is 6.88. The van der Waals surface area contributed by atoms with Gasteiger partial charge < -0.3 is 5.32 Å². The van der Waals surface area contributed by atoms with Crippen LogP contribution >= 0.6 is 11.6 Å². The fourth-order valence-corrected chi connectivity index (χ4v) is 4.00. The molecule has 2 rings (SSSR count). The van der Waals surface area contributed by atoms with Crippen molar-refractivity contribution in [3.8, 4) is 0 Å². The molecule has 0 bridgehead atoms. The van der Waals surface area contributed by atoms with Gasteiger partial charge in [-0.25, -0.2) is 8.42 Å². The first kappa shape index (κ1) is 21.4. The first-order valence-electron chi connectivity index (χ1n) is 8.76. The van der Waals surface area contributed by atoms with Gasteiger partial charge in [0.2, 0.25) is 15.9 Å². The van der Waals surface area contributed by atoms with Crippen LogP contribution in [-0.2, 0) is 14.8 Å². The van der Waals surface area contributed by atoms with Crippen LogP contribution in [0, 0.1) is 5.92 Å². The number of sulfonamides is 1. The predicted octanol–water partition coefficient (Wildman–Crippen LogP) is 3.86. The maximum atomic E-state index is 12.6. The van der Waals surface area contributed by atoms with Crippen molar-refractivity contribution in [2.24, 2.45) is 5.92 Å². The summed E-state index contributed by atoms with van der Waals surface area (Å²) < 4.78 is 26.3. The van der Waals surface area contributed by atoms with Crippen LogP contribution in [0.1, 0.15) is 31.9 Å². The molecule has 1 N–H and O–H groups in total. The van der Waals surface area contributed by atoms with Crippen LogP contribution in [0.3, 0.4) is 0 Å². The fourth-order valence-electron chi connectivity index (χ4n) is 2.75. The predicted molar refractivity (Wildman–Crippen MR) is 108 cm³/mol. The van der Waals surface area contributed by atoms with Crippen molar-refractivity contribution >= 4 is 27.5 Å². The fraction of sp³-hybridized carbons (Fsp3) is 0.350. The minimum Gasteiger partial charge on any atom is -0.348 e. The molecule has 1 atom stereocenters. The highest BCUT2D eigenvalue weighted by molar-refractivity contribution is 7.89. The molecule has 7 heteroatoms. The van der Waals surface area contributed by atoms with Crippen molar-refractivity contribution in [2.45, 2.75) is 31.2 Å². The SMILES string of the molecule is CC(C)C[C@H](NC(=O)CN(C)S(=O)(=O)c1ccc(Cl)cc1)c1ccccc1. The van der Waals surface area contributed by atoms with Gasteiger partial charge in [0, 0.05) is 12.1 Å². The lowest BCUT2D eigenvalue weighted by Gasteiger charge is -2.23. The van der Waals surface area contributed by atoms with Gasteiger partial charge in [-0.1, -0.05) is 55.8 Å². The van der Waals surface area contributed by atoms with Gasteiger partial charge >= 0.3 is 0 Å². The standard InChI is InChI=1S/C20H25ClN2O3S/c1-15(2)13-19(16-7-5-4-6-8-16)22-20(24)14-23(3)27(25,26)18-11-9-17(21)10-12-18/h4-12,15,19H,13-14H2,1-3H3,(H,22,24)/t19-/m0/s1. The number of nitrogens with zero attached hydrogens (tertiary/aromatic N) is 1. The van der Waals surface area contributed by atoms with Crippen molar-refractivity contribution in [2.75, 3.05) is 13.6 Å². The van der Waals surface area contributed by atoms with E-state index in [0.29, 0.717) is 10.9 Å². The molecule has 5 nitrogen and oxygen atoms in total. The van der Waals surface area contributed by atoms with Gasteiger partial charge in [0.15, 0.2) is 0 Å². The van der Waals surface area contributed by atoms with Gasteiger partial charge in [0.25, 0.3) is 0 Å². The molecule has 2 aromatic carbocycles. The van der Waals surface area contributed by atoms with Crippen LogP contribution in [0.4, 0.5) is 0 Å². The van der Waals surface area contributed by atoms with Crippen LogP contribution in [0.5, 0.6) is 0 Å². The van der Waals surface area contributed by atoms with Crippen LogP contribution in [0.2, 0.25) is 5.02 Å². The summed E-state index contributed by atoms with van der Waals surface area (Å²) in [7, 11) is -2.37. The van der Waals surface area contributed by atoms with Crippen LogP contribution < -0.4 is 5.32 Å². The van der Waals surface area contributed by atoms with E-state index < -0.39 is 10.0 Å². The van der Waals surface area contributed by atoms with Crippen molar-refractivity contribution < 1.29 is 13.2 Å². The van der Waals surface area contributed by atoms with Crippen LogP contribution in [0.25, 0.3) is 0 Å². The van der Waals surface area contributed by atoms with E-state index in [-0.39, 0.29) is 23.4 Å². The maximum Gasteiger partial charge on any atom is 0.243 e. The van der Waals surface area contributed by atoms with Gasteiger partial charge in [0.05, 0.1) is 17.5 Å². The van der Waals surface area contributed by atoms with E-state index in [9.17, 15) is 13.2 Å². The number of rotatable bonds is 8. The number of halogens is 1. The Labute approximate surface area is 166 Å². The molecule has 0 spiro atoms. The number of nitrogens with one attached hydrogen (secondary N) is 1. The van der Waals surface area contributed by atoms with Gasteiger partial charge in [-0.3, -0.25) is 4.79 Å². The third kappa shape index (κ3) is 6.06. The van der Waals surface area contributed by atoms with E-state index in [4.69, 9.17) is 11.6 Å². The molecule has 0 unspecified atom stereocenters. The van der Waals surface area contributed by atoms with Gasteiger partial charge in [0.1, 0.15) is 0 Å². The molecule has 1 amide bonds. The zero-order chi connectivity index (χ0) is 20.0. The Bertz CT molecular complexity index is 853. The lowest BCUT2D eigenvalue weighted by Crippen LogP contribution is -2.40. The van der Waals surface area contributed by atoms with Gasteiger partial charge in [-0.15, -0.1) is 0 Å². The lowest BCUT2D eigenvalue weighted by molar-refractivity contribution is -0.122. The Hall–Kier alpha value is -1.89. The zero-order valence-electron chi connectivity index (χ0n) is 15.7. The quantitative estimate of drug-likeness (QED) is 0.721. The zero-order valence-corrected chi connectivity index (χ0v) is 17.3. The minimum absolute atomic E-state index is 0.101. The number of carbonyl (C=O) groups excluding carboxylic acids is 1. The monoisotopic (exact) mass is 408 g/mol. The average molecular weight is 409 g/mol. The normalized spacial score (nSPS) is 13.0. The second kappa shape index (κ2) is 9.35. The Balaban J connectivity index is 2.09. The summed E-state index contributed by atoms with van der Waals surface area (Å²) >= 11 is 5.81. The number of amides is 1. The maximum absolute atomic E-state index is 12.6. The molecule has 146 valence electrons. The highest BCUT2D eigenvalue weighted by Crippen LogP contribution is 2.21. The summed E-state index contributed by atoms with van der Waals surface area (Å²) in [4.78, 5) is 12.6. The summed E-state index contributed by atoms with van der Waals surface area (Å²) in [6, 6.07) is 15.4. The number of benzene rings is 2. The topological polar surface area (TPSA) is 66.5 Å². The number of likely N-dealkylation sites (N-methyl/N-ethyl adjacent to an activating group) is 1. The molecule has 0 radical (unpaired) electrons. The molecule has 0 aromatic heterocycles. The van der Waals surface area contributed by atoms with Gasteiger partial charge in [-0.05, 0) is 42.2 Å². The van der Waals surface area contributed by atoms with Crippen molar-refractivity contribution in [1.82, 2.24) is 9.62 Å². The highest BCUT2D eigenvalue weighted by Gasteiger charge is 2.24. The molecule has 27 heavy (non-hydrogen) atoms. The third-order valence-corrected chi connectivity index (χ3v) is 6.20. The Morgan fingerprint density at radius 1 is 1.07 bits per heavy atom. The molecular formula is C20H25ClN2O3S. The van der Waals surface area contributed by atoms with E-state index in [0.717, 1.165) is 16.3 Å². The molecule has 0 aliphatic heterocycles. The van der Waals surface area contributed by atoms with Crippen LogP contribution in [0.15, 0.2) is 59.5 Å². The van der Waals surface area contributed by atoms with E-state index in [1.54, 1.807) is 0 Å². The largest absolute Gasteiger partial charge is 0.348 e. The van der Waals surface area contributed by atoms with E-state index in [1.165, 1.54) is 31.3 Å². The summed E-state index contributed by atoms with van der Waals surface area (Å²) in [5.41, 5.74) is 1.00. The van der Waals surface area contributed by atoms with Crippen LogP contribution in [-0.4, -0.2) is 32.2 Å². The molecule has 0 saturated carbocycles. The second-order valence-corrected chi connectivity index (χ2v) is 9.36. The Morgan fingerprint density at radius 2 is 1.67 bits per heavy atom.